The highest BCUT2D eigenvalue weighted by Gasteiger charge is 2.34. The van der Waals surface area contributed by atoms with Crippen LogP contribution in [0.25, 0.3) is 22.0 Å². The number of carbonyl (C=O) groups is 2. The highest BCUT2D eigenvalue weighted by atomic mass is 16.3. The number of nitrogens with two attached hydrogens (primary N) is 1. The first-order valence-corrected chi connectivity index (χ1v) is 14.5. The lowest BCUT2D eigenvalue weighted by atomic mass is 9.77. The summed E-state index contributed by atoms with van der Waals surface area (Å²) in [5.41, 5.74) is 15.3. The second-order valence-electron chi connectivity index (χ2n) is 13.4. The molecule has 6 rings (SSSR count). The first-order valence-electron chi connectivity index (χ1n) is 14.5. The number of aryl methyl sites for hydroxylation is 1. The summed E-state index contributed by atoms with van der Waals surface area (Å²) in [6, 6.07) is 16.2. The monoisotopic (exact) mass is 549 g/mol. The lowest BCUT2D eigenvalue weighted by Gasteiger charge is -2.32. The number of anilines is 1. The molecule has 3 aromatic carbocycles. The number of aromatic nitrogens is 1. The molecule has 1 atom stereocenters. The molecule has 2 aliphatic rings. The van der Waals surface area contributed by atoms with Gasteiger partial charge in [0.15, 0.2) is 0 Å². The van der Waals surface area contributed by atoms with Crippen molar-refractivity contribution in [3.05, 3.63) is 87.6 Å². The number of nitrogens with zero attached hydrogens (tertiary/aromatic N) is 1. The number of aliphatic hydroxyl groups is 1. The molecule has 41 heavy (non-hydrogen) atoms. The topological polar surface area (TPSA) is 99.4 Å². The average Bonchev–Trinajstić information content (AvgIpc) is 3.44. The molecule has 2 amide bonds. The van der Waals surface area contributed by atoms with E-state index in [1.807, 2.05) is 36.9 Å². The Kier molecular flexibility index (Phi) is 6.20. The predicted molar refractivity (Wildman–Crippen MR) is 164 cm³/mol. The molecule has 6 heteroatoms. The quantitative estimate of drug-likeness (QED) is 0.268. The standard InChI is InChI=1S/C35H39N3O3/c1-19-23(8-7-9-29(19)38-18-20-10-11-21(34(2,3)4)16-27(20)33(38)40)24-14-15-26(32(36)39)31-30(24)25-13-12-22(35(5,6)41)17-28(25)37-31/h7-11,14-16,22,37,41H,12-13,17-18H2,1-6H3,(H2,36,39). The Morgan fingerprint density at radius 1 is 1.02 bits per heavy atom. The Balaban J connectivity index is 1.46. The SMILES string of the molecule is Cc1c(-c2ccc(C(N)=O)c3[nH]c4c(c23)CCC(C(C)(C)O)C4)cccc1N1Cc2ccc(C(C)(C)C)cc2C1=O. The Hall–Kier alpha value is -3.90. The normalized spacial score (nSPS) is 17.2. The molecule has 0 saturated heterocycles. The maximum absolute atomic E-state index is 13.7. The van der Waals surface area contributed by atoms with Crippen LogP contribution in [0.15, 0.2) is 48.5 Å². The number of amides is 2. The Bertz CT molecular complexity index is 1730. The summed E-state index contributed by atoms with van der Waals surface area (Å²) in [7, 11) is 0. The van der Waals surface area contributed by atoms with Crippen molar-refractivity contribution in [3.63, 3.8) is 0 Å². The molecule has 0 radical (unpaired) electrons. The average molecular weight is 550 g/mol. The molecule has 4 N–H and O–H groups in total. The number of primary amides is 1. The molecular formula is C35H39N3O3. The predicted octanol–water partition coefficient (Wildman–Crippen LogP) is 6.58. The fourth-order valence-electron chi connectivity index (χ4n) is 6.74. The smallest absolute Gasteiger partial charge is 0.258 e. The third-order valence-corrected chi connectivity index (χ3v) is 9.27. The molecule has 1 aliphatic heterocycles. The van der Waals surface area contributed by atoms with Gasteiger partial charge in [-0.25, -0.2) is 0 Å². The van der Waals surface area contributed by atoms with E-state index >= 15 is 0 Å². The third kappa shape index (κ3) is 4.45. The zero-order chi connectivity index (χ0) is 29.4. The minimum atomic E-state index is -0.789. The molecule has 1 unspecified atom stereocenters. The number of aromatic amines is 1. The largest absolute Gasteiger partial charge is 0.390 e. The van der Waals surface area contributed by atoms with E-state index in [0.717, 1.165) is 68.5 Å². The summed E-state index contributed by atoms with van der Waals surface area (Å²) in [6.45, 7) is 12.8. The van der Waals surface area contributed by atoms with E-state index in [-0.39, 0.29) is 17.2 Å². The summed E-state index contributed by atoms with van der Waals surface area (Å²) in [6.07, 6.45) is 2.37. The van der Waals surface area contributed by atoms with Gasteiger partial charge in [0.2, 0.25) is 0 Å². The van der Waals surface area contributed by atoms with Crippen molar-refractivity contribution in [2.75, 3.05) is 4.90 Å². The van der Waals surface area contributed by atoms with Crippen LogP contribution in [-0.4, -0.2) is 27.5 Å². The van der Waals surface area contributed by atoms with Crippen molar-refractivity contribution in [2.45, 2.75) is 78.4 Å². The van der Waals surface area contributed by atoms with Gasteiger partial charge in [-0.15, -0.1) is 0 Å². The first kappa shape index (κ1) is 27.3. The van der Waals surface area contributed by atoms with E-state index in [9.17, 15) is 14.7 Å². The van der Waals surface area contributed by atoms with Gasteiger partial charge >= 0.3 is 0 Å². The number of hydrogen-bond donors (Lipinski definition) is 3. The van der Waals surface area contributed by atoms with Gasteiger partial charge in [-0.3, -0.25) is 9.59 Å². The first-order chi connectivity index (χ1) is 19.3. The van der Waals surface area contributed by atoms with Gasteiger partial charge in [-0.05, 0) is 103 Å². The summed E-state index contributed by atoms with van der Waals surface area (Å²) in [4.78, 5) is 31.6. The summed E-state index contributed by atoms with van der Waals surface area (Å²) < 4.78 is 0. The molecule has 6 nitrogen and oxygen atoms in total. The molecule has 212 valence electrons. The van der Waals surface area contributed by atoms with Crippen LogP contribution in [0.4, 0.5) is 5.69 Å². The van der Waals surface area contributed by atoms with Crippen LogP contribution in [0, 0.1) is 12.8 Å². The van der Waals surface area contributed by atoms with E-state index in [4.69, 9.17) is 5.73 Å². The van der Waals surface area contributed by atoms with Crippen molar-refractivity contribution in [1.82, 2.24) is 4.98 Å². The summed E-state index contributed by atoms with van der Waals surface area (Å²) in [5, 5.41) is 11.7. The van der Waals surface area contributed by atoms with Gasteiger partial charge in [0.1, 0.15) is 0 Å². The number of nitrogens with one attached hydrogen (secondary N) is 1. The van der Waals surface area contributed by atoms with Crippen LogP contribution in [0.2, 0.25) is 0 Å². The van der Waals surface area contributed by atoms with E-state index in [0.29, 0.717) is 18.5 Å². The van der Waals surface area contributed by atoms with Crippen LogP contribution in [0.1, 0.15) is 89.7 Å². The molecule has 0 fully saturated rings. The maximum atomic E-state index is 13.7. The van der Waals surface area contributed by atoms with Crippen molar-refractivity contribution < 1.29 is 14.7 Å². The highest BCUT2D eigenvalue weighted by molar-refractivity contribution is 6.13. The van der Waals surface area contributed by atoms with Gasteiger partial charge in [0.25, 0.3) is 11.8 Å². The zero-order valence-electron chi connectivity index (χ0n) is 24.8. The van der Waals surface area contributed by atoms with Crippen molar-refractivity contribution in [3.8, 4) is 11.1 Å². The van der Waals surface area contributed by atoms with E-state index in [2.05, 4.69) is 56.9 Å². The van der Waals surface area contributed by atoms with E-state index in [1.165, 1.54) is 5.56 Å². The third-order valence-electron chi connectivity index (χ3n) is 9.27. The number of hydrogen-bond acceptors (Lipinski definition) is 3. The lowest BCUT2D eigenvalue weighted by Crippen LogP contribution is -2.34. The second-order valence-corrected chi connectivity index (χ2v) is 13.4. The van der Waals surface area contributed by atoms with Crippen LogP contribution < -0.4 is 10.6 Å². The zero-order valence-corrected chi connectivity index (χ0v) is 24.8. The maximum Gasteiger partial charge on any atom is 0.258 e. The van der Waals surface area contributed by atoms with Gasteiger partial charge < -0.3 is 20.7 Å². The minimum Gasteiger partial charge on any atom is -0.390 e. The van der Waals surface area contributed by atoms with Gasteiger partial charge in [-0.1, -0.05) is 51.1 Å². The number of H-pyrrole nitrogens is 1. The van der Waals surface area contributed by atoms with Crippen molar-refractivity contribution in [2.24, 2.45) is 11.7 Å². The summed E-state index contributed by atoms with van der Waals surface area (Å²) in [5.74, 6) is -0.327. The van der Waals surface area contributed by atoms with Crippen molar-refractivity contribution in [1.29, 1.82) is 0 Å². The minimum absolute atomic E-state index is 0.0252. The van der Waals surface area contributed by atoms with Gasteiger partial charge in [0.05, 0.1) is 23.2 Å². The number of benzene rings is 3. The van der Waals surface area contributed by atoms with Crippen molar-refractivity contribution >= 4 is 28.4 Å². The van der Waals surface area contributed by atoms with Crippen LogP contribution in [0.3, 0.4) is 0 Å². The van der Waals surface area contributed by atoms with Crippen LogP contribution >= 0.6 is 0 Å². The lowest BCUT2D eigenvalue weighted by molar-refractivity contribution is 0.0107. The molecule has 0 bridgehead atoms. The summed E-state index contributed by atoms with van der Waals surface area (Å²) >= 11 is 0. The molecular weight excluding hydrogens is 510 g/mol. The number of fused-ring (bicyclic) bond motifs is 4. The van der Waals surface area contributed by atoms with E-state index < -0.39 is 11.5 Å². The molecule has 2 heterocycles. The van der Waals surface area contributed by atoms with Gasteiger partial charge in [-0.2, -0.15) is 0 Å². The van der Waals surface area contributed by atoms with Crippen LogP contribution in [-0.2, 0) is 24.8 Å². The Labute approximate surface area is 241 Å². The molecule has 4 aromatic rings. The number of rotatable bonds is 4. The fraction of sp³-hybridized carbons (Fsp3) is 0.371. The van der Waals surface area contributed by atoms with E-state index in [1.54, 1.807) is 6.07 Å². The highest BCUT2D eigenvalue weighted by Crippen LogP contribution is 2.43. The fourth-order valence-corrected chi connectivity index (χ4v) is 6.74. The molecule has 1 aromatic heterocycles. The molecule has 0 spiro atoms. The van der Waals surface area contributed by atoms with Crippen LogP contribution in [0.5, 0.6) is 0 Å². The number of carbonyl (C=O) groups excluding carboxylic acids is 2. The Morgan fingerprint density at radius 3 is 2.46 bits per heavy atom. The second kappa shape index (κ2) is 9.31. The molecule has 1 aliphatic carbocycles. The molecule has 0 saturated carbocycles. The van der Waals surface area contributed by atoms with Gasteiger partial charge in [0, 0.05) is 22.3 Å². The Morgan fingerprint density at radius 2 is 1.78 bits per heavy atom.